The van der Waals surface area contributed by atoms with Crippen LogP contribution in [-0.2, 0) is 17.1 Å². The lowest BCUT2D eigenvalue weighted by atomic mass is 10.2. The van der Waals surface area contributed by atoms with Crippen molar-refractivity contribution in [2.45, 2.75) is 12.3 Å². The van der Waals surface area contributed by atoms with Crippen molar-refractivity contribution in [2.24, 2.45) is 0 Å². The summed E-state index contributed by atoms with van der Waals surface area (Å²) in [5.41, 5.74) is 3.49. The molecule has 150 valence electrons. The van der Waals surface area contributed by atoms with Crippen molar-refractivity contribution >= 4 is 29.0 Å². The van der Waals surface area contributed by atoms with E-state index in [0.717, 1.165) is 49.2 Å². The van der Waals surface area contributed by atoms with Gasteiger partial charge in [-0.15, -0.1) is 23.1 Å². The SMILES string of the molecule is O=C(CSCc1ccccc1)N1CCN(Cc2nc(-c3ccccc3)cs2)CC1. The third-order valence-electron chi connectivity index (χ3n) is 5.04. The Hall–Kier alpha value is -2.15. The highest BCUT2D eigenvalue weighted by Crippen LogP contribution is 2.23. The monoisotopic (exact) mass is 423 g/mol. The van der Waals surface area contributed by atoms with Gasteiger partial charge in [-0.05, 0) is 5.56 Å². The molecule has 0 radical (unpaired) electrons. The number of nitrogens with zero attached hydrogens (tertiary/aromatic N) is 3. The van der Waals surface area contributed by atoms with E-state index in [4.69, 9.17) is 4.98 Å². The first-order valence-electron chi connectivity index (χ1n) is 9.89. The number of amides is 1. The summed E-state index contributed by atoms with van der Waals surface area (Å²) < 4.78 is 0. The van der Waals surface area contributed by atoms with Crippen LogP contribution in [0.15, 0.2) is 66.0 Å². The van der Waals surface area contributed by atoms with Gasteiger partial charge in [0.2, 0.25) is 5.91 Å². The molecule has 0 spiro atoms. The number of rotatable bonds is 7. The minimum atomic E-state index is 0.256. The second-order valence-electron chi connectivity index (χ2n) is 7.13. The molecule has 0 atom stereocenters. The van der Waals surface area contributed by atoms with Crippen LogP contribution in [-0.4, -0.2) is 52.6 Å². The van der Waals surface area contributed by atoms with E-state index in [1.807, 2.05) is 41.3 Å². The fraction of sp³-hybridized carbons (Fsp3) is 0.304. The smallest absolute Gasteiger partial charge is 0.232 e. The molecule has 1 saturated heterocycles. The first-order chi connectivity index (χ1) is 14.3. The van der Waals surface area contributed by atoms with Crippen LogP contribution in [0.1, 0.15) is 10.6 Å². The van der Waals surface area contributed by atoms with Crippen molar-refractivity contribution in [2.75, 3.05) is 31.9 Å². The van der Waals surface area contributed by atoms with E-state index in [1.54, 1.807) is 23.1 Å². The van der Waals surface area contributed by atoms with Crippen LogP contribution in [0.2, 0.25) is 0 Å². The molecule has 2 aromatic carbocycles. The highest BCUT2D eigenvalue weighted by Gasteiger charge is 2.21. The molecule has 4 rings (SSSR count). The van der Waals surface area contributed by atoms with Crippen LogP contribution in [0.25, 0.3) is 11.3 Å². The van der Waals surface area contributed by atoms with E-state index in [0.29, 0.717) is 5.75 Å². The Morgan fingerprint density at radius 1 is 0.966 bits per heavy atom. The van der Waals surface area contributed by atoms with Crippen molar-refractivity contribution in [1.29, 1.82) is 0 Å². The largest absolute Gasteiger partial charge is 0.339 e. The Bertz CT molecular complexity index is 906. The average molecular weight is 424 g/mol. The van der Waals surface area contributed by atoms with Gasteiger partial charge in [0.05, 0.1) is 18.0 Å². The van der Waals surface area contributed by atoms with Crippen LogP contribution in [0.5, 0.6) is 0 Å². The zero-order valence-corrected chi connectivity index (χ0v) is 18.0. The quantitative estimate of drug-likeness (QED) is 0.565. The lowest BCUT2D eigenvalue weighted by molar-refractivity contribution is -0.130. The number of carbonyl (C=O) groups is 1. The summed E-state index contributed by atoms with van der Waals surface area (Å²) in [7, 11) is 0. The number of carbonyl (C=O) groups excluding carboxylic acids is 1. The van der Waals surface area contributed by atoms with E-state index < -0.39 is 0 Å². The normalized spacial score (nSPS) is 14.8. The summed E-state index contributed by atoms with van der Waals surface area (Å²) in [6.07, 6.45) is 0. The zero-order valence-electron chi connectivity index (χ0n) is 16.4. The summed E-state index contributed by atoms with van der Waals surface area (Å²) in [5.74, 6) is 1.70. The highest BCUT2D eigenvalue weighted by atomic mass is 32.2. The number of aromatic nitrogens is 1. The molecule has 0 bridgehead atoms. The summed E-state index contributed by atoms with van der Waals surface area (Å²) in [5, 5.41) is 3.27. The molecule has 1 aromatic heterocycles. The topological polar surface area (TPSA) is 36.4 Å². The molecule has 6 heteroatoms. The van der Waals surface area contributed by atoms with E-state index >= 15 is 0 Å². The standard InChI is InChI=1S/C23H25N3OS2/c27-23(18-28-16-19-7-3-1-4-8-19)26-13-11-25(12-14-26)15-22-24-21(17-29-22)20-9-5-2-6-10-20/h1-10,17H,11-16,18H2. The first-order valence-corrected chi connectivity index (χ1v) is 11.9. The lowest BCUT2D eigenvalue weighted by Crippen LogP contribution is -2.48. The maximum atomic E-state index is 12.5. The predicted molar refractivity (Wildman–Crippen MR) is 122 cm³/mol. The number of hydrogen-bond acceptors (Lipinski definition) is 5. The van der Waals surface area contributed by atoms with Gasteiger partial charge < -0.3 is 4.90 Å². The maximum absolute atomic E-state index is 12.5. The fourth-order valence-corrected chi connectivity index (χ4v) is 5.13. The van der Waals surface area contributed by atoms with Crippen LogP contribution >= 0.6 is 23.1 Å². The Labute approximate surface area is 180 Å². The van der Waals surface area contributed by atoms with E-state index in [2.05, 4.69) is 34.5 Å². The summed E-state index contributed by atoms with van der Waals surface area (Å²) >= 11 is 3.42. The zero-order chi connectivity index (χ0) is 19.9. The second-order valence-corrected chi connectivity index (χ2v) is 9.06. The predicted octanol–water partition coefficient (Wildman–Crippen LogP) is 4.39. The molecule has 0 saturated carbocycles. The number of benzene rings is 2. The van der Waals surface area contributed by atoms with Gasteiger partial charge >= 0.3 is 0 Å². The molecular formula is C23H25N3OS2. The average Bonchev–Trinajstić information content (AvgIpc) is 3.24. The third-order valence-corrected chi connectivity index (χ3v) is 6.86. The van der Waals surface area contributed by atoms with Crippen molar-refractivity contribution in [3.8, 4) is 11.3 Å². The van der Waals surface area contributed by atoms with Gasteiger partial charge in [0.15, 0.2) is 0 Å². The van der Waals surface area contributed by atoms with Gasteiger partial charge in [-0.25, -0.2) is 4.98 Å². The molecule has 3 aromatic rings. The van der Waals surface area contributed by atoms with Crippen LogP contribution in [0.3, 0.4) is 0 Å². The Balaban J connectivity index is 1.20. The van der Waals surface area contributed by atoms with Gasteiger partial charge in [0, 0.05) is 42.9 Å². The number of thiazole rings is 1. The molecule has 1 aliphatic heterocycles. The van der Waals surface area contributed by atoms with Crippen LogP contribution in [0, 0.1) is 0 Å². The van der Waals surface area contributed by atoms with Gasteiger partial charge in [-0.3, -0.25) is 9.69 Å². The number of hydrogen-bond donors (Lipinski definition) is 0. The molecular weight excluding hydrogens is 398 g/mol. The Kier molecular flexibility index (Phi) is 6.98. The molecule has 29 heavy (non-hydrogen) atoms. The van der Waals surface area contributed by atoms with Crippen LogP contribution in [0.4, 0.5) is 0 Å². The first kappa shape index (κ1) is 20.1. The van der Waals surface area contributed by atoms with Crippen LogP contribution < -0.4 is 0 Å². The minimum absolute atomic E-state index is 0.256. The summed E-state index contributed by atoms with van der Waals surface area (Å²) in [6.45, 7) is 4.30. The molecule has 2 heterocycles. The van der Waals surface area contributed by atoms with Crippen molar-refractivity contribution < 1.29 is 4.79 Å². The van der Waals surface area contributed by atoms with E-state index in [-0.39, 0.29) is 5.91 Å². The molecule has 1 fully saturated rings. The van der Waals surface area contributed by atoms with Crippen molar-refractivity contribution in [3.05, 3.63) is 76.6 Å². The molecule has 0 N–H and O–H groups in total. The van der Waals surface area contributed by atoms with Gasteiger partial charge in [0.1, 0.15) is 5.01 Å². The summed E-state index contributed by atoms with van der Waals surface area (Å²) in [6, 6.07) is 20.6. The molecule has 0 unspecified atom stereocenters. The third kappa shape index (κ3) is 5.69. The maximum Gasteiger partial charge on any atom is 0.232 e. The number of thioether (sulfide) groups is 1. The molecule has 0 aliphatic carbocycles. The van der Waals surface area contributed by atoms with Gasteiger partial charge in [-0.2, -0.15) is 0 Å². The van der Waals surface area contributed by atoms with E-state index in [1.165, 1.54) is 11.1 Å². The van der Waals surface area contributed by atoms with Gasteiger partial charge in [-0.1, -0.05) is 60.7 Å². The van der Waals surface area contributed by atoms with Crippen molar-refractivity contribution in [1.82, 2.24) is 14.8 Å². The summed E-state index contributed by atoms with van der Waals surface area (Å²) in [4.78, 5) is 21.7. The lowest BCUT2D eigenvalue weighted by Gasteiger charge is -2.34. The van der Waals surface area contributed by atoms with Gasteiger partial charge in [0.25, 0.3) is 0 Å². The Morgan fingerprint density at radius 3 is 2.38 bits per heavy atom. The van der Waals surface area contributed by atoms with Crippen molar-refractivity contribution in [3.63, 3.8) is 0 Å². The molecule has 4 nitrogen and oxygen atoms in total. The second kappa shape index (κ2) is 10.1. The highest BCUT2D eigenvalue weighted by molar-refractivity contribution is 7.99. The number of piperazine rings is 1. The Morgan fingerprint density at radius 2 is 1.66 bits per heavy atom. The molecule has 1 aliphatic rings. The van der Waals surface area contributed by atoms with E-state index in [9.17, 15) is 4.79 Å². The minimum Gasteiger partial charge on any atom is -0.339 e. The molecule has 1 amide bonds. The fourth-order valence-electron chi connectivity index (χ4n) is 3.39.